The van der Waals surface area contributed by atoms with E-state index in [2.05, 4.69) is 0 Å². The van der Waals surface area contributed by atoms with Gasteiger partial charge in [-0.05, 0) is 19.1 Å². The molecule has 0 bridgehead atoms. The van der Waals surface area contributed by atoms with Gasteiger partial charge in [-0.2, -0.15) is 61.5 Å². The van der Waals surface area contributed by atoms with Gasteiger partial charge in [0.2, 0.25) is 0 Å². The molecule has 0 fully saturated rings. The fourth-order valence-corrected chi connectivity index (χ4v) is 2.64. The van der Waals surface area contributed by atoms with Crippen LogP contribution in [-0.4, -0.2) is 54.8 Å². The standard InChI is InChI=1S/C16H13F15N2/c1-2-33(9-6-4-3-5-8(9)32)7-10(17,18)12(20,21)14(24,25)13(22,23)11(19,15(26,27)28)16(29,30)31/h3-6H,2,7,32H2,1H3. The van der Waals surface area contributed by atoms with Crippen molar-refractivity contribution in [1.29, 1.82) is 0 Å². The van der Waals surface area contributed by atoms with Gasteiger partial charge in [0.25, 0.3) is 0 Å². The van der Waals surface area contributed by atoms with Crippen molar-refractivity contribution in [3.05, 3.63) is 24.3 Å². The molecule has 1 aromatic rings. The van der Waals surface area contributed by atoms with Crippen LogP contribution in [0.2, 0.25) is 0 Å². The minimum absolute atomic E-state index is 0.119. The van der Waals surface area contributed by atoms with Crippen molar-refractivity contribution < 1.29 is 65.9 Å². The molecule has 1 rings (SSSR count). The zero-order chi connectivity index (χ0) is 26.5. The molecule has 2 nitrogen and oxygen atoms in total. The Morgan fingerprint density at radius 2 is 1.09 bits per heavy atom. The number of para-hydroxylation sites is 2. The van der Waals surface area contributed by atoms with E-state index in [4.69, 9.17) is 5.73 Å². The Balaban J connectivity index is 3.61. The molecule has 1 aromatic carbocycles. The second-order valence-corrected chi connectivity index (χ2v) is 6.65. The van der Waals surface area contributed by atoms with Gasteiger partial charge in [-0.15, -0.1) is 0 Å². The lowest BCUT2D eigenvalue weighted by atomic mass is 9.85. The van der Waals surface area contributed by atoms with Crippen molar-refractivity contribution in [2.24, 2.45) is 0 Å². The van der Waals surface area contributed by atoms with Crippen LogP contribution in [0.3, 0.4) is 0 Å². The Labute approximate surface area is 175 Å². The van der Waals surface area contributed by atoms with Gasteiger partial charge in [0.05, 0.1) is 17.9 Å². The van der Waals surface area contributed by atoms with E-state index < -0.39 is 66.2 Å². The van der Waals surface area contributed by atoms with E-state index >= 15 is 0 Å². The Bertz CT molecular complexity index is 814. The first-order valence-corrected chi connectivity index (χ1v) is 8.37. The summed E-state index contributed by atoms with van der Waals surface area (Å²) in [5.74, 6) is -30.7. The van der Waals surface area contributed by atoms with Gasteiger partial charge < -0.3 is 10.6 Å². The minimum Gasteiger partial charge on any atom is -0.397 e. The number of hydrogen-bond donors (Lipinski definition) is 1. The highest BCUT2D eigenvalue weighted by Gasteiger charge is 2.95. The van der Waals surface area contributed by atoms with Crippen LogP contribution in [0.25, 0.3) is 0 Å². The van der Waals surface area contributed by atoms with Crippen LogP contribution in [0.5, 0.6) is 0 Å². The number of nitrogens with two attached hydrogens (primary N) is 1. The number of nitrogen functional groups attached to an aromatic ring is 1. The third-order valence-corrected chi connectivity index (χ3v) is 4.51. The number of benzene rings is 1. The molecule has 0 aliphatic rings. The van der Waals surface area contributed by atoms with Crippen molar-refractivity contribution in [1.82, 2.24) is 0 Å². The highest BCUT2D eigenvalue weighted by Crippen LogP contribution is 2.63. The summed E-state index contributed by atoms with van der Waals surface area (Å²) in [4.78, 5) is 0.119. The SMILES string of the molecule is CCN(CC(F)(F)C(F)(F)C(F)(F)C(F)(F)C(F)(C(F)(F)F)C(F)(F)F)c1ccccc1N. The summed E-state index contributed by atoms with van der Waals surface area (Å²) in [5, 5.41) is 0. The monoisotopic (exact) mass is 518 g/mol. The molecule has 0 saturated carbocycles. The lowest BCUT2D eigenvalue weighted by molar-refractivity contribution is -0.456. The molecule has 0 unspecified atom stereocenters. The molecular weight excluding hydrogens is 505 g/mol. The van der Waals surface area contributed by atoms with E-state index in [0.717, 1.165) is 25.1 Å². The van der Waals surface area contributed by atoms with Crippen molar-refractivity contribution in [2.45, 2.75) is 48.6 Å². The Morgan fingerprint density at radius 1 is 0.667 bits per heavy atom. The fraction of sp³-hybridized carbons (Fsp3) is 0.625. The molecule has 0 aliphatic carbocycles. The van der Waals surface area contributed by atoms with E-state index in [1.165, 1.54) is 6.07 Å². The van der Waals surface area contributed by atoms with Crippen LogP contribution < -0.4 is 10.6 Å². The third kappa shape index (κ3) is 4.22. The average Bonchev–Trinajstić information content (AvgIpc) is 2.63. The predicted octanol–water partition coefficient (Wildman–Crippen LogP) is 6.47. The molecule has 0 heterocycles. The number of alkyl halides is 15. The summed E-state index contributed by atoms with van der Waals surface area (Å²) in [7, 11) is 0. The maximum absolute atomic E-state index is 14.1. The van der Waals surface area contributed by atoms with Crippen LogP contribution in [-0.2, 0) is 0 Å². The quantitative estimate of drug-likeness (QED) is 0.316. The first-order valence-electron chi connectivity index (χ1n) is 8.37. The zero-order valence-corrected chi connectivity index (χ0v) is 15.9. The predicted molar refractivity (Wildman–Crippen MR) is 84.5 cm³/mol. The first kappa shape index (κ1) is 28.8. The molecule has 0 amide bonds. The third-order valence-electron chi connectivity index (χ3n) is 4.51. The van der Waals surface area contributed by atoms with Crippen LogP contribution in [0.1, 0.15) is 6.92 Å². The molecule has 17 heteroatoms. The highest BCUT2D eigenvalue weighted by molar-refractivity contribution is 5.67. The highest BCUT2D eigenvalue weighted by atomic mass is 19.4. The normalized spacial score (nSPS) is 15.0. The Kier molecular flexibility index (Phi) is 7.17. The van der Waals surface area contributed by atoms with Crippen molar-refractivity contribution in [3.63, 3.8) is 0 Å². The van der Waals surface area contributed by atoms with E-state index in [1.54, 1.807) is 0 Å². The summed E-state index contributed by atoms with van der Waals surface area (Å²) in [6.07, 6.45) is -15.9. The molecule has 0 saturated heterocycles. The van der Waals surface area contributed by atoms with Crippen molar-refractivity contribution in [3.8, 4) is 0 Å². The largest absolute Gasteiger partial charge is 0.438 e. The van der Waals surface area contributed by atoms with E-state index in [9.17, 15) is 65.9 Å². The lowest BCUT2D eigenvalue weighted by Crippen LogP contribution is -2.76. The maximum Gasteiger partial charge on any atom is 0.438 e. The maximum atomic E-state index is 14.1. The molecular formula is C16H13F15N2. The van der Waals surface area contributed by atoms with Crippen LogP contribution in [0.4, 0.5) is 77.2 Å². The summed E-state index contributed by atoms with van der Waals surface area (Å²) in [5.41, 5.74) is -3.85. The van der Waals surface area contributed by atoms with E-state index in [0.29, 0.717) is 0 Å². The fourth-order valence-electron chi connectivity index (χ4n) is 2.64. The second-order valence-electron chi connectivity index (χ2n) is 6.65. The Hall–Kier alpha value is -2.23. The number of anilines is 2. The number of rotatable bonds is 8. The topological polar surface area (TPSA) is 29.3 Å². The number of nitrogens with zero attached hydrogens (tertiary/aromatic N) is 1. The zero-order valence-electron chi connectivity index (χ0n) is 15.9. The van der Waals surface area contributed by atoms with Gasteiger partial charge in [0.15, 0.2) is 0 Å². The van der Waals surface area contributed by atoms with Crippen LogP contribution in [0.15, 0.2) is 24.3 Å². The van der Waals surface area contributed by atoms with E-state index in [1.807, 2.05) is 0 Å². The molecule has 192 valence electrons. The van der Waals surface area contributed by atoms with Gasteiger partial charge >= 0.3 is 41.7 Å². The number of halogens is 15. The summed E-state index contributed by atoms with van der Waals surface area (Å²) >= 11 is 0. The van der Waals surface area contributed by atoms with Gasteiger partial charge in [0, 0.05) is 6.54 Å². The molecule has 0 aliphatic heterocycles. The smallest absolute Gasteiger partial charge is 0.397 e. The van der Waals surface area contributed by atoms with E-state index in [-0.39, 0.29) is 4.90 Å². The van der Waals surface area contributed by atoms with Gasteiger partial charge in [-0.25, -0.2) is 4.39 Å². The van der Waals surface area contributed by atoms with Gasteiger partial charge in [0.1, 0.15) is 0 Å². The molecule has 2 N–H and O–H groups in total. The molecule has 0 radical (unpaired) electrons. The second kappa shape index (κ2) is 8.21. The number of hydrogen-bond acceptors (Lipinski definition) is 2. The Morgan fingerprint density at radius 3 is 1.45 bits per heavy atom. The van der Waals surface area contributed by atoms with Crippen LogP contribution >= 0.6 is 0 Å². The molecule has 0 spiro atoms. The van der Waals surface area contributed by atoms with Gasteiger partial charge in [-0.3, -0.25) is 0 Å². The van der Waals surface area contributed by atoms with Crippen molar-refractivity contribution in [2.75, 3.05) is 23.7 Å². The summed E-state index contributed by atoms with van der Waals surface area (Å²) in [6, 6.07) is 4.21. The molecule has 0 atom stereocenters. The lowest BCUT2D eigenvalue weighted by Gasteiger charge is -2.44. The average molecular weight is 518 g/mol. The molecule has 0 aromatic heterocycles. The summed E-state index contributed by atoms with van der Waals surface area (Å²) < 4.78 is 200. The first-order chi connectivity index (χ1) is 14.4. The van der Waals surface area contributed by atoms with Gasteiger partial charge in [-0.1, -0.05) is 12.1 Å². The minimum atomic E-state index is -8.42. The summed E-state index contributed by atoms with van der Waals surface area (Å²) in [6.45, 7) is -2.39. The molecule has 33 heavy (non-hydrogen) atoms. The van der Waals surface area contributed by atoms with Crippen molar-refractivity contribution >= 4 is 11.4 Å². The van der Waals surface area contributed by atoms with Crippen LogP contribution in [0, 0.1) is 0 Å².